The van der Waals surface area contributed by atoms with E-state index in [0.29, 0.717) is 5.02 Å². The monoisotopic (exact) mass is 315 g/mol. The van der Waals surface area contributed by atoms with E-state index >= 15 is 0 Å². The van der Waals surface area contributed by atoms with Gasteiger partial charge in [0, 0.05) is 17.2 Å². The summed E-state index contributed by atoms with van der Waals surface area (Å²) in [7, 11) is 3.76. The van der Waals surface area contributed by atoms with Gasteiger partial charge in [-0.25, -0.2) is 0 Å². The maximum Gasteiger partial charge on any atom is 0.0873 e. The van der Waals surface area contributed by atoms with Crippen LogP contribution >= 0.6 is 23.2 Å². The first kappa shape index (κ1) is 16.1. The predicted molar refractivity (Wildman–Crippen MR) is 85.6 cm³/mol. The third-order valence-electron chi connectivity index (χ3n) is 4.61. The van der Waals surface area contributed by atoms with Crippen LogP contribution in [0, 0.1) is 5.92 Å². The van der Waals surface area contributed by atoms with Gasteiger partial charge in [0.15, 0.2) is 0 Å². The molecular formula is C16H23Cl2NO. The zero-order chi connectivity index (χ0) is 14.8. The number of hydrogen-bond donors (Lipinski definition) is 1. The van der Waals surface area contributed by atoms with Crippen LogP contribution in [0.25, 0.3) is 0 Å². The molecule has 1 aliphatic carbocycles. The Bertz CT molecular complexity index is 456. The molecule has 0 aliphatic heterocycles. The van der Waals surface area contributed by atoms with Gasteiger partial charge in [-0.05, 0) is 62.4 Å². The van der Waals surface area contributed by atoms with E-state index in [4.69, 9.17) is 27.9 Å². The molecule has 1 saturated carbocycles. The predicted octanol–water partition coefficient (Wildman–Crippen LogP) is 4.85. The van der Waals surface area contributed by atoms with Gasteiger partial charge >= 0.3 is 0 Å². The van der Waals surface area contributed by atoms with E-state index in [1.165, 1.54) is 12.8 Å². The second-order valence-corrected chi connectivity index (χ2v) is 6.68. The van der Waals surface area contributed by atoms with Crippen molar-refractivity contribution in [2.24, 2.45) is 5.92 Å². The van der Waals surface area contributed by atoms with Crippen LogP contribution in [0.1, 0.15) is 44.2 Å². The van der Waals surface area contributed by atoms with Gasteiger partial charge in [0.05, 0.1) is 11.6 Å². The molecule has 0 bridgehead atoms. The molecule has 1 aromatic rings. The second-order valence-electron chi connectivity index (χ2n) is 5.84. The molecule has 20 heavy (non-hydrogen) atoms. The van der Waals surface area contributed by atoms with Crippen molar-refractivity contribution in [3.63, 3.8) is 0 Å². The highest BCUT2D eigenvalue weighted by Crippen LogP contribution is 2.44. The number of halogens is 2. The van der Waals surface area contributed by atoms with E-state index in [0.717, 1.165) is 29.3 Å². The molecule has 2 nitrogen and oxygen atoms in total. The summed E-state index contributed by atoms with van der Waals surface area (Å²) in [6.07, 6.45) is 4.45. The first-order valence-electron chi connectivity index (χ1n) is 7.20. The fourth-order valence-corrected chi connectivity index (χ4v) is 3.71. The minimum Gasteiger partial charge on any atom is -0.376 e. The molecule has 1 unspecified atom stereocenters. The van der Waals surface area contributed by atoms with Crippen LogP contribution in [-0.4, -0.2) is 19.8 Å². The molecule has 1 aliphatic rings. The molecule has 0 amide bonds. The second kappa shape index (κ2) is 6.65. The normalized spacial score (nSPS) is 28.4. The zero-order valence-corrected chi connectivity index (χ0v) is 13.9. The van der Waals surface area contributed by atoms with Gasteiger partial charge in [0.2, 0.25) is 0 Å². The van der Waals surface area contributed by atoms with Crippen LogP contribution in [-0.2, 0) is 4.74 Å². The van der Waals surface area contributed by atoms with Gasteiger partial charge in [0.1, 0.15) is 0 Å². The standard InChI is InChI=1S/C16H23Cl2NO/c1-11-6-8-16(20-3,9-7-11)15(19-2)13-10-12(17)4-5-14(13)18/h4-5,10-11,15,19H,6-9H2,1-3H3. The van der Waals surface area contributed by atoms with Gasteiger partial charge in [0.25, 0.3) is 0 Å². The van der Waals surface area contributed by atoms with Crippen molar-refractivity contribution in [2.75, 3.05) is 14.2 Å². The SMILES string of the molecule is CNC(c1cc(Cl)ccc1Cl)C1(OC)CCC(C)CC1. The van der Waals surface area contributed by atoms with Crippen LogP contribution in [0.2, 0.25) is 10.0 Å². The van der Waals surface area contributed by atoms with Crippen molar-refractivity contribution < 1.29 is 4.74 Å². The van der Waals surface area contributed by atoms with Crippen LogP contribution < -0.4 is 5.32 Å². The van der Waals surface area contributed by atoms with Gasteiger partial charge in [-0.1, -0.05) is 30.1 Å². The van der Waals surface area contributed by atoms with Crippen molar-refractivity contribution in [1.82, 2.24) is 5.32 Å². The fourth-order valence-electron chi connectivity index (χ4n) is 3.30. The molecule has 0 saturated heterocycles. The Morgan fingerprint density at radius 3 is 2.50 bits per heavy atom. The summed E-state index contributed by atoms with van der Waals surface area (Å²) in [6, 6.07) is 5.69. The van der Waals surface area contributed by atoms with Crippen molar-refractivity contribution in [3.8, 4) is 0 Å². The smallest absolute Gasteiger partial charge is 0.0873 e. The highest BCUT2D eigenvalue weighted by atomic mass is 35.5. The summed E-state index contributed by atoms with van der Waals surface area (Å²) < 4.78 is 5.97. The Labute approximate surface area is 131 Å². The van der Waals surface area contributed by atoms with Crippen molar-refractivity contribution in [2.45, 2.75) is 44.2 Å². The average molecular weight is 316 g/mol. The lowest BCUT2D eigenvalue weighted by atomic mass is 9.73. The molecule has 1 fully saturated rings. The number of rotatable bonds is 4. The van der Waals surface area contributed by atoms with Gasteiger partial charge in [-0.3, -0.25) is 0 Å². The molecule has 1 atom stereocenters. The number of likely N-dealkylation sites (N-methyl/N-ethyl adjacent to an activating group) is 1. The topological polar surface area (TPSA) is 21.3 Å². The quantitative estimate of drug-likeness (QED) is 0.857. The summed E-state index contributed by atoms with van der Waals surface area (Å²) in [5, 5.41) is 4.84. The number of hydrogen-bond acceptors (Lipinski definition) is 2. The summed E-state index contributed by atoms with van der Waals surface area (Å²) >= 11 is 12.5. The van der Waals surface area contributed by atoms with Gasteiger partial charge < -0.3 is 10.1 Å². The molecule has 1 N–H and O–H groups in total. The van der Waals surface area contributed by atoms with Gasteiger partial charge in [-0.15, -0.1) is 0 Å². The van der Waals surface area contributed by atoms with Gasteiger partial charge in [-0.2, -0.15) is 0 Å². The first-order chi connectivity index (χ1) is 9.52. The van der Waals surface area contributed by atoms with Crippen LogP contribution in [0.3, 0.4) is 0 Å². The zero-order valence-electron chi connectivity index (χ0n) is 12.4. The van der Waals surface area contributed by atoms with E-state index in [9.17, 15) is 0 Å². The lowest BCUT2D eigenvalue weighted by Gasteiger charge is -2.44. The van der Waals surface area contributed by atoms with E-state index in [1.54, 1.807) is 7.11 Å². The number of methoxy groups -OCH3 is 1. The van der Waals surface area contributed by atoms with E-state index in [-0.39, 0.29) is 11.6 Å². The Morgan fingerprint density at radius 2 is 1.95 bits per heavy atom. The third kappa shape index (κ3) is 3.14. The third-order valence-corrected chi connectivity index (χ3v) is 5.19. The summed E-state index contributed by atoms with van der Waals surface area (Å²) in [4.78, 5) is 0. The molecule has 0 heterocycles. The van der Waals surface area contributed by atoms with Crippen molar-refractivity contribution in [1.29, 1.82) is 0 Å². The molecule has 0 radical (unpaired) electrons. The molecule has 4 heteroatoms. The minimum atomic E-state index is -0.199. The highest BCUT2D eigenvalue weighted by molar-refractivity contribution is 6.33. The largest absolute Gasteiger partial charge is 0.376 e. The summed E-state index contributed by atoms with van der Waals surface area (Å²) in [5.41, 5.74) is 0.827. The Hall–Kier alpha value is -0.280. The highest BCUT2D eigenvalue weighted by Gasteiger charge is 2.42. The minimum absolute atomic E-state index is 0.0613. The van der Waals surface area contributed by atoms with Crippen molar-refractivity contribution >= 4 is 23.2 Å². The maximum absolute atomic E-state index is 6.38. The lowest BCUT2D eigenvalue weighted by molar-refractivity contribution is -0.0744. The Balaban J connectivity index is 2.36. The van der Waals surface area contributed by atoms with Crippen LogP contribution in [0.5, 0.6) is 0 Å². The number of nitrogens with one attached hydrogen (secondary N) is 1. The summed E-state index contributed by atoms with van der Waals surface area (Å²) in [6.45, 7) is 2.31. The number of ether oxygens (including phenoxy) is 1. The Morgan fingerprint density at radius 1 is 1.30 bits per heavy atom. The van der Waals surface area contributed by atoms with Crippen LogP contribution in [0.15, 0.2) is 18.2 Å². The van der Waals surface area contributed by atoms with Crippen LogP contribution in [0.4, 0.5) is 0 Å². The fraction of sp³-hybridized carbons (Fsp3) is 0.625. The molecule has 0 spiro atoms. The first-order valence-corrected chi connectivity index (χ1v) is 7.95. The molecule has 0 aromatic heterocycles. The summed E-state index contributed by atoms with van der Waals surface area (Å²) in [5.74, 6) is 0.769. The van der Waals surface area contributed by atoms with E-state index in [1.807, 2.05) is 25.2 Å². The lowest BCUT2D eigenvalue weighted by Crippen LogP contribution is -2.47. The average Bonchev–Trinajstić information content (AvgIpc) is 2.45. The number of benzene rings is 1. The van der Waals surface area contributed by atoms with Crippen molar-refractivity contribution in [3.05, 3.63) is 33.8 Å². The van der Waals surface area contributed by atoms with E-state index < -0.39 is 0 Å². The maximum atomic E-state index is 6.38. The Kier molecular flexibility index (Phi) is 5.36. The molecule has 1 aromatic carbocycles. The molecule has 112 valence electrons. The molecular weight excluding hydrogens is 293 g/mol. The molecule has 2 rings (SSSR count). The van der Waals surface area contributed by atoms with E-state index in [2.05, 4.69) is 12.2 Å².